The van der Waals surface area contributed by atoms with E-state index in [1.807, 2.05) is 18.2 Å². The Bertz CT molecular complexity index is 832. The van der Waals surface area contributed by atoms with Crippen LogP contribution in [0.5, 0.6) is 0 Å². The molecule has 0 aliphatic carbocycles. The lowest BCUT2D eigenvalue weighted by Gasteiger charge is -2.24. The van der Waals surface area contributed by atoms with Crippen LogP contribution in [0.15, 0.2) is 41.3 Å². The Balaban J connectivity index is 1.92. The Hall–Kier alpha value is -1.14. The number of hydrogen-bond donors (Lipinski definition) is 1. The maximum atomic E-state index is 12.8. The van der Waals surface area contributed by atoms with E-state index >= 15 is 0 Å². The summed E-state index contributed by atoms with van der Waals surface area (Å²) >= 11 is 6.24. The Morgan fingerprint density at radius 1 is 1.26 bits per heavy atom. The van der Waals surface area contributed by atoms with Crippen LogP contribution >= 0.6 is 11.6 Å². The van der Waals surface area contributed by atoms with Gasteiger partial charge in [-0.2, -0.15) is 0 Å². The number of rotatable bonds is 4. The van der Waals surface area contributed by atoms with Crippen molar-refractivity contribution < 1.29 is 8.42 Å². The predicted octanol–water partition coefficient (Wildman–Crippen LogP) is 3.11. The van der Waals surface area contributed by atoms with Gasteiger partial charge >= 0.3 is 0 Å². The van der Waals surface area contributed by atoms with Gasteiger partial charge in [0.05, 0.1) is 4.90 Å². The SMILES string of the molecule is CN1CC[C@](C)(CNS(=O)(=O)c2cccc3cccc(Cl)c23)C1. The summed E-state index contributed by atoms with van der Waals surface area (Å²) in [6.45, 7) is 4.44. The lowest BCUT2D eigenvalue weighted by molar-refractivity contribution is 0.310. The molecule has 1 aliphatic heterocycles. The molecule has 2 aromatic rings. The van der Waals surface area contributed by atoms with Gasteiger partial charge in [0.1, 0.15) is 0 Å². The minimum Gasteiger partial charge on any atom is -0.306 e. The second-order valence-electron chi connectivity index (χ2n) is 6.72. The molecule has 1 N–H and O–H groups in total. The third-order valence-electron chi connectivity index (χ3n) is 4.54. The number of nitrogens with zero attached hydrogens (tertiary/aromatic N) is 1. The number of fused-ring (bicyclic) bond motifs is 1. The molecule has 1 saturated heterocycles. The molecule has 0 spiro atoms. The molecule has 0 amide bonds. The van der Waals surface area contributed by atoms with Crippen molar-refractivity contribution in [2.45, 2.75) is 18.2 Å². The van der Waals surface area contributed by atoms with Crippen molar-refractivity contribution in [3.05, 3.63) is 41.4 Å². The van der Waals surface area contributed by atoms with E-state index in [4.69, 9.17) is 11.6 Å². The molecule has 1 aliphatic rings. The predicted molar refractivity (Wildman–Crippen MR) is 94.4 cm³/mol. The molecule has 0 saturated carbocycles. The van der Waals surface area contributed by atoms with Crippen molar-refractivity contribution in [3.63, 3.8) is 0 Å². The number of sulfonamides is 1. The zero-order valence-electron chi connectivity index (χ0n) is 13.3. The zero-order valence-corrected chi connectivity index (χ0v) is 14.9. The first-order chi connectivity index (χ1) is 10.8. The normalized spacial score (nSPS) is 22.7. The average molecular weight is 353 g/mol. The molecule has 1 atom stereocenters. The highest BCUT2D eigenvalue weighted by molar-refractivity contribution is 7.89. The van der Waals surface area contributed by atoms with Crippen LogP contribution in [-0.2, 0) is 10.0 Å². The monoisotopic (exact) mass is 352 g/mol. The summed E-state index contributed by atoms with van der Waals surface area (Å²) in [5.74, 6) is 0. The Morgan fingerprint density at radius 2 is 1.96 bits per heavy atom. The minimum atomic E-state index is -3.61. The Morgan fingerprint density at radius 3 is 2.61 bits per heavy atom. The van der Waals surface area contributed by atoms with Crippen LogP contribution in [0.3, 0.4) is 0 Å². The van der Waals surface area contributed by atoms with Gasteiger partial charge < -0.3 is 4.90 Å². The number of hydrogen-bond acceptors (Lipinski definition) is 3. The molecule has 0 bridgehead atoms. The highest BCUT2D eigenvalue weighted by atomic mass is 35.5. The standard InChI is InChI=1S/C17H21ClN2O2S/c1-17(9-10-20(2)12-17)11-19-23(21,22)15-8-4-6-13-5-3-7-14(18)16(13)15/h3-8,19H,9-12H2,1-2H3/t17-/m1/s1. The lowest BCUT2D eigenvalue weighted by Crippen LogP contribution is -2.37. The van der Waals surface area contributed by atoms with E-state index in [1.165, 1.54) is 0 Å². The zero-order chi connectivity index (χ0) is 16.7. The molecule has 23 heavy (non-hydrogen) atoms. The van der Waals surface area contributed by atoms with Crippen LogP contribution < -0.4 is 4.72 Å². The summed E-state index contributed by atoms with van der Waals surface area (Å²) in [5.41, 5.74) is -0.0315. The highest BCUT2D eigenvalue weighted by Gasteiger charge is 2.33. The van der Waals surface area contributed by atoms with Crippen LogP contribution in [-0.4, -0.2) is 40.0 Å². The van der Waals surface area contributed by atoms with Crippen molar-refractivity contribution in [1.82, 2.24) is 9.62 Å². The topological polar surface area (TPSA) is 49.4 Å². The van der Waals surface area contributed by atoms with Crippen LogP contribution in [0.4, 0.5) is 0 Å². The van der Waals surface area contributed by atoms with Gasteiger partial charge in [-0.25, -0.2) is 13.1 Å². The van der Waals surface area contributed by atoms with Crippen LogP contribution in [0.25, 0.3) is 10.8 Å². The van der Waals surface area contributed by atoms with E-state index in [-0.39, 0.29) is 10.3 Å². The Kier molecular flexibility index (Phi) is 4.40. The second-order valence-corrected chi connectivity index (χ2v) is 8.86. The number of nitrogens with one attached hydrogen (secondary N) is 1. The van der Waals surface area contributed by atoms with E-state index in [1.54, 1.807) is 18.2 Å². The first-order valence-corrected chi connectivity index (χ1v) is 9.52. The van der Waals surface area contributed by atoms with E-state index in [2.05, 4.69) is 23.6 Å². The molecule has 6 heteroatoms. The Labute approximate surface area is 142 Å². The third kappa shape index (κ3) is 3.38. The van der Waals surface area contributed by atoms with Gasteiger partial charge in [-0.15, -0.1) is 0 Å². The molecule has 124 valence electrons. The van der Waals surface area contributed by atoms with E-state index in [0.29, 0.717) is 17.0 Å². The van der Waals surface area contributed by atoms with Gasteiger partial charge in [-0.05, 0) is 42.9 Å². The molecule has 1 heterocycles. The maximum absolute atomic E-state index is 12.8. The van der Waals surface area contributed by atoms with E-state index < -0.39 is 10.0 Å². The summed E-state index contributed by atoms with van der Waals surface area (Å²) in [7, 11) is -1.55. The number of likely N-dealkylation sites (tertiary alicyclic amines) is 1. The van der Waals surface area contributed by atoms with Gasteiger partial charge in [0.15, 0.2) is 0 Å². The van der Waals surface area contributed by atoms with Crippen LogP contribution in [0, 0.1) is 5.41 Å². The molecule has 0 unspecified atom stereocenters. The third-order valence-corrected chi connectivity index (χ3v) is 6.30. The molecule has 1 fully saturated rings. The quantitative estimate of drug-likeness (QED) is 0.919. The van der Waals surface area contributed by atoms with Crippen molar-refractivity contribution >= 4 is 32.4 Å². The first kappa shape index (κ1) is 16.7. The summed E-state index contributed by atoms with van der Waals surface area (Å²) < 4.78 is 28.4. The molecule has 4 nitrogen and oxygen atoms in total. The van der Waals surface area contributed by atoms with Crippen molar-refractivity contribution in [3.8, 4) is 0 Å². The smallest absolute Gasteiger partial charge is 0.241 e. The van der Waals surface area contributed by atoms with Gasteiger partial charge in [0.2, 0.25) is 10.0 Å². The van der Waals surface area contributed by atoms with Gasteiger partial charge in [0.25, 0.3) is 0 Å². The van der Waals surface area contributed by atoms with Crippen LogP contribution in [0.1, 0.15) is 13.3 Å². The van der Waals surface area contributed by atoms with Crippen molar-refractivity contribution in [2.24, 2.45) is 5.41 Å². The van der Waals surface area contributed by atoms with Crippen molar-refractivity contribution in [1.29, 1.82) is 0 Å². The average Bonchev–Trinajstić information content (AvgIpc) is 2.85. The largest absolute Gasteiger partial charge is 0.306 e. The summed E-state index contributed by atoms with van der Waals surface area (Å²) in [6, 6.07) is 10.6. The number of halogens is 1. The van der Waals surface area contributed by atoms with Gasteiger partial charge in [-0.3, -0.25) is 0 Å². The summed E-state index contributed by atoms with van der Waals surface area (Å²) in [6.07, 6.45) is 0.988. The lowest BCUT2D eigenvalue weighted by atomic mass is 9.90. The van der Waals surface area contributed by atoms with E-state index in [9.17, 15) is 8.42 Å². The van der Waals surface area contributed by atoms with Gasteiger partial charge in [0, 0.05) is 23.5 Å². The summed E-state index contributed by atoms with van der Waals surface area (Å²) in [5, 5.41) is 1.86. The first-order valence-electron chi connectivity index (χ1n) is 7.66. The molecular weight excluding hydrogens is 332 g/mol. The molecule has 0 aromatic heterocycles. The molecular formula is C17H21ClN2O2S. The van der Waals surface area contributed by atoms with E-state index in [0.717, 1.165) is 24.9 Å². The molecule has 2 aromatic carbocycles. The fraction of sp³-hybridized carbons (Fsp3) is 0.412. The fourth-order valence-electron chi connectivity index (χ4n) is 3.25. The second kappa shape index (κ2) is 6.06. The minimum absolute atomic E-state index is 0.0315. The fourth-order valence-corrected chi connectivity index (χ4v) is 5.04. The molecule has 0 radical (unpaired) electrons. The molecule has 3 rings (SSSR count). The maximum Gasteiger partial charge on any atom is 0.241 e. The number of benzene rings is 2. The van der Waals surface area contributed by atoms with Crippen LogP contribution in [0.2, 0.25) is 5.02 Å². The highest BCUT2D eigenvalue weighted by Crippen LogP contribution is 2.31. The van der Waals surface area contributed by atoms with Gasteiger partial charge in [-0.1, -0.05) is 42.8 Å². The summed E-state index contributed by atoms with van der Waals surface area (Å²) in [4.78, 5) is 2.47. The van der Waals surface area contributed by atoms with Crippen molar-refractivity contribution in [2.75, 3.05) is 26.7 Å².